The van der Waals surface area contributed by atoms with E-state index in [1.165, 1.54) is 10.5 Å². The van der Waals surface area contributed by atoms with E-state index in [9.17, 15) is 0 Å². The first-order valence-corrected chi connectivity index (χ1v) is 7.69. The minimum atomic E-state index is 0.641. The molecule has 1 heterocycles. The zero-order valence-corrected chi connectivity index (χ0v) is 12.5. The van der Waals surface area contributed by atoms with Gasteiger partial charge in [-0.05, 0) is 31.2 Å². The largest absolute Gasteiger partial charge is 0.314 e. The lowest BCUT2D eigenvalue weighted by Crippen LogP contribution is -2.50. The Labute approximate surface area is 115 Å². The maximum absolute atomic E-state index is 3.48. The lowest BCUT2D eigenvalue weighted by Gasteiger charge is -2.33. The molecule has 1 aliphatic heterocycles. The van der Waals surface area contributed by atoms with Gasteiger partial charge in [0.1, 0.15) is 0 Å². The smallest absolute Gasteiger partial charge is 0.0258 e. The predicted octanol–water partition coefficient (Wildman–Crippen LogP) is 2.63. The fourth-order valence-electron chi connectivity index (χ4n) is 2.34. The van der Waals surface area contributed by atoms with Crippen LogP contribution in [0.25, 0.3) is 0 Å². The van der Waals surface area contributed by atoms with Gasteiger partial charge in [-0.2, -0.15) is 0 Å². The fraction of sp³-hybridized carbons (Fsp3) is 0.600. The quantitative estimate of drug-likeness (QED) is 0.842. The van der Waals surface area contributed by atoms with Crippen LogP contribution in [0, 0.1) is 0 Å². The van der Waals surface area contributed by atoms with Crippen molar-refractivity contribution in [3.05, 3.63) is 29.8 Å². The highest BCUT2D eigenvalue weighted by atomic mass is 32.2. The van der Waals surface area contributed by atoms with Crippen molar-refractivity contribution in [3.63, 3.8) is 0 Å². The Morgan fingerprint density at radius 2 is 2.06 bits per heavy atom. The van der Waals surface area contributed by atoms with E-state index in [1.54, 1.807) is 0 Å². The summed E-state index contributed by atoms with van der Waals surface area (Å²) in [5.41, 5.74) is 1.45. The molecular weight excluding hydrogens is 240 g/mol. The number of likely N-dealkylation sites (N-methyl/N-ethyl adjacent to an activating group) is 1. The molecule has 1 aliphatic rings. The van der Waals surface area contributed by atoms with E-state index >= 15 is 0 Å². The number of rotatable bonds is 4. The second-order valence-corrected chi connectivity index (χ2v) is 7.00. The van der Waals surface area contributed by atoms with E-state index in [4.69, 9.17) is 0 Å². The molecule has 1 N–H and O–H groups in total. The number of hydrogen-bond donors (Lipinski definition) is 1. The molecule has 0 radical (unpaired) electrons. The van der Waals surface area contributed by atoms with Gasteiger partial charge in [-0.1, -0.05) is 26.0 Å². The average molecular weight is 264 g/mol. The maximum atomic E-state index is 3.48. The number of thioether (sulfide) groups is 1. The van der Waals surface area contributed by atoms with Crippen LogP contribution >= 0.6 is 11.8 Å². The van der Waals surface area contributed by atoms with Crippen molar-refractivity contribution < 1.29 is 0 Å². The zero-order valence-electron chi connectivity index (χ0n) is 11.6. The van der Waals surface area contributed by atoms with Crippen LogP contribution in [0.5, 0.6) is 0 Å². The lowest BCUT2D eigenvalue weighted by molar-refractivity contribution is 0.199. The van der Waals surface area contributed by atoms with Gasteiger partial charge in [-0.25, -0.2) is 0 Å². The van der Waals surface area contributed by atoms with Crippen molar-refractivity contribution in [2.75, 3.05) is 26.7 Å². The van der Waals surface area contributed by atoms with Gasteiger partial charge in [0.15, 0.2) is 0 Å². The Kier molecular flexibility index (Phi) is 5.10. The molecule has 18 heavy (non-hydrogen) atoms. The zero-order chi connectivity index (χ0) is 13.0. The number of nitrogens with one attached hydrogen (secondary N) is 1. The topological polar surface area (TPSA) is 15.3 Å². The van der Waals surface area contributed by atoms with E-state index in [2.05, 4.69) is 55.4 Å². The standard InChI is InChI=1S/C15H24N2S/c1-12(2)18-15-6-4-13(5-7-15)10-14-11-16-8-9-17(14)3/h4-7,12,14,16H,8-11H2,1-3H3. The number of hydrogen-bond acceptors (Lipinski definition) is 3. The van der Waals surface area contributed by atoms with Gasteiger partial charge in [0.2, 0.25) is 0 Å². The minimum absolute atomic E-state index is 0.641. The highest BCUT2D eigenvalue weighted by Crippen LogP contribution is 2.23. The SMILES string of the molecule is CC(C)Sc1ccc(CC2CNCCN2C)cc1. The third-order valence-corrected chi connectivity index (χ3v) is 4.43. The summed E-state index contributed by atoms with van der Waals surface area (Å²) in [6.45, 7) is 7.87. The number of nitrogens with zero attached hydrogens (tertiary/aromatic N) is 1. The van der Waals surface area contributed by atoms with Gasteiger partial charge in [-0.15, -0.1) is 11.8 Å². The first-order valence-electron chi connectivity index (χ1n) is 6.81. The van der Waals surface area contributed by atoms with Gasteiger partial charge in [0.25, 0.3) is 0 Å². The predicted molar refractivity (Wildman–Crippen MR) is 80.4 cm³/mol. The molecule has 1 aromatic rings. The van der Waals surface area contributed by atoms with Gasteiger partial charge >= 0.3 is 0 Å². The lowest BCUT2D eigenvalue weighted by atomic mass is 10.0. The van der Waals surface area contributed by atoms with Crippen LogP contribution in [0.2, 0.25) is 0 Å². The normalized spacial score (nSPS) is 21.4. The summed E-state index contributed by atoms with van der Waals surface area (Å²) in [7, 11) is 2.23. The average Bonchev–Trinajstić information content (AvgIpc) is 2.34. The summed E-state index contributed by atoms with van der Waals surface area (Å²) < 4.78 is 0. The molecule has 1 aromatic carbocycles. The minimum Gasteiger partial charge on any atom is -0.314 e. The molecule has 1 unspecified atom stereocenters. The molecule has 2 nitrogen and oxygen atoms in total. The monoisotopic (exact) mass is 264 g/mol. The van der Waals surface area contributed by atoms with E-state index in [0.29, 0.717) is 11.3 Å². The molecule has 0 spiro atoms. The maximum Gasteiger partial charge on any atom is 0.0258 e. The van der Waals surface area contributed by atoms with Crippen LogP contribution < -0.4 is 5.32 Å². The Hall–Kier alpha value is -0.510. The van der Waals surface area contributed by atoms with E-state index < -0.39 is 0 Å². The molecule has 1 fully saturated rings. The molecule has 0 saturated carbocycles. The van der Waals surface area contributed by atoms with Crippen LogP contribution in [0.3, 0.4) is 0 Å². The third kappa shape index (κ3) is 4.01. The molecule has 0 amide bonds. The molecule has 0 aromatic heterocycles. The number of benzene rings is 1. The first-order chi connectivity index (χ1) is 8.65. The van der Waals surface area contributed by atoms with E-state index in [1.807, 2.05) is 11.8 Å². The van der Waals surface area contributed by atoms with Crippen molar-refractivity contribution in [3.8, 4) is 0 Å². The Balaban J connectivity index is 1.93. The summed E-state index contributed by atoms with van der Waals surface area (Å²) in [5.74, 6) is 0. The van der Waals surface area contributed by atoms with E-state index in [0.717, 1.165) is 26.1 Å². The summed E-state index contributed by atoms with van der Waals surface area (Å²) in [6.07, 6.45) is 1.15. The van der Waals surface area contributed by atoms with Crippen LogP contribution in [0.4, 0.5) is 0 Å². The molecule has 3 heteroatoms. The Bertz CT molecular complexity index is 361. The highest BCUT2D eigenvalue weighted by molar-refractivity contribution is 7.99. The fourth-order valence-corrected chi connectivity index (χ4v) is 3.18. The van der Waals surface area contributed by atoms with Crippen molar-refractivity contribution in [1.82, 2.24) is 10.2 Å². The van der Waals surface area contributed by atoms with Gasteiger partial charge < -0.3 is 10.2 Å². The van der Waals surface area contributed by atoms with Gasteiger partial charge in [-0.3, -0.25) is 0 Å². The van der Waals surface area contributed by atoms with Crippen LogP contribution in [0.15, 0.2) is 29.2 Å². The second-order valence-electron chi connectivity index (χ2n) is 5.35. The van der Waals surface area contributed by atoms with Crippen LogP contribution in [-0.2, 0) is 6.42 Å². The van der Waals surface area contributed by atoms with Crippen molar-refractivity contribution >= 4 is 11.8 Å². The molecule has 0 bridgehead atoms. The van der Waals surface area contributed by atoms with Crippen molar-refractivity contribution in [1.29, 1.82) is 0 Å². The van der Waals surface area contributed by atoms with Gasteiger partial charge in [0, 0.05) is 35.8 Å². The second kappa shape index (κ2) is 6.60. The van der Waals surface area contributed by atoms with Gasteiger partial charge in [0.05, 0.1) is 0 Å². The van der Waals surface area contributed by atoms with Crippen LogP contribution in [0.1, 0.15) is 19.4 Å². The Morgan fingerprint density at radius 1 is 1.33 bits per heavy atom. The van der Waals surface area contributed by atoms with Crippen molar-refractivity contribution in [2.24, 2.45) is 0 Å². The molecule has 1 saturated heterocycles. The van der Waals surface area contributed by atoms with E-state index in [-0.39, 0.29) is 0 Å². The number of piperazine rings is 1. The summed E-state index contributed by atoms with van der Waals surface area (Å²) in [6, 6.07) is 9.73. The molecule has 100 valence electrons. The summed E-state index contributed by atoms with van der Waals surface area (Å²) >= 11 is 1.93. The van der Waals surface area contributed by atoms with Crippen LogP contribution in [-0.4, -0.2) is 42.9 Å². The molecular formula is C15H24N2S. The van der Waals surface area contributed by atoms with Crippen molar-refractivity contribution in [2.45, 2.75) is 36.5 Å². The summed E-state index contributed by atoms with van der Waals surface area (Å²) in [4.78, 5) is 3.84. The first kappa shape index (κ1) is 13.9. The molecule has 0 aliphatic carbocycles. The molecule has 1 atom stereocenters. The summed E-state index contributed by atoms with van der Waals surface area (Å²) in [5, 5.41) is 4.13. The third-order valence-electron chi connectivity index (χ3n) is 3.41. The Morgan fingerprint density at radius 3 is 2.67 bits per heavy atom. The highest BCUT2D eigenvalue weighted by Gasteiger charge is 2.18. The molecule has 2 rings (SSSR count).